The van der Waals surface area contributed by atoms with Gasteiger partial charge >= 0.3 is 0 Å². The van der Waals surface area contributed by atoms with Gasteiger partial charge in [-0.25, -0.2) is 4.98 Å². The molecule has 0 radical (unpaired) electrons. The largest absolute Gasteiger partial charge is 0.459 e. The molecule has 0 aliphatic carbocycles. The molecule has 0 aliphatic rings. The van der Waals surface area contributed by atoms with Crippen molar-refractivity contribution in [2.75, 3.05) is 5.32 Å². The number of rotatable bonds is 5. The van der Waals surface area contributed by atoms with E-state index in [0.29, 0.717) is 6.42 Å². The van der Waals surface area contributed by atoms with E-state index in [2.05, 4.69) is 20.9 Å². The van der Waals surface area contributed by atoms with Crippen molar-refractivity contribution >= 4 is 33.6 Å². The second kappa shape index (κ2) is 6.67. The summed E-state index contributed by atoms with van der Waals surface area (Å²) in [6.45, 7) is 1.91. The highest BCUT2D eigenvalue weighted by molar-refractivity contribution is 5.99. The fraction of sp³-hybridized carbons (Fsp3) is 0.238. The molecule has 1 N–H and O–H groups in total. The van der Waals surface area contributed by atoms with Gasteiger partial charge in [-0.3, -0.25) is 4.79 Å². The van der Waals surface area contributed by atoms with E-state index in [1.165, 1.54) is 0 Å². The first-order valence-electron chi connectivity index (χ1n) is 8.81. The van der Waals surface area contributed by atoms with Gasteiger partial charge in [0.15, 0.2) is 5.58 Å². The van der Waals surface area contributed by atoms with Crippen LogP contribution in [0.2, 0.25) is 0 Å². The van der Waals surface area contributed by atoms with Crippen molar-refractivity contribution in [2.45, 2.75) is 26.2 Å². The molecule has 4 rings (SSSR count). The highest BCUT2D eigenvalue weighted by Crippen LogP contribution is 2.26. The zero-order chi connectivity index (χ0) is 18.1. The summed E-state index contributed by atoms with van der Waals surface area (Å²) in [6, 6.07) is 15.8. The quantitative estimate of drug-likeness (QED) is 0.574. The first-order valence-corrected chi connectivity index (χ1v) is 8.81. The number of aromatic nitrogens is 2. The summed E-state index contributed by atoms with van der Waals surface area (Å²) in [6.07, 6.45) is 1.96. The highest BCUT2D eigenvalue weighted by atomic mass is 16.3. The van der Waals surface area contributed by atoms with Crippen LogP contribution in [0.4, 0.5) is 5.69 Å². The van der Waals surface area contributed by atoms with Crippen LogP contribution >= 0.6 is 0 Å². The summed E-state index contributed by atoms with van der Waals surface area (Å²) >= 11 is 0. The molecule has 0 unspecified atom stereocenters. The highest BCUT2D eigenvalue weighted by Gasteiger charge is 2.11. The van der Waals surface area contributed by atoms with Gasteiger partial charge in [-0.05, 0) is 37.6 Å². The van der Waals surface area contributed by atoms with Crippen LogP contribution in [0.1, 0.15) is 24.4 Å². The maximum absolute atomic E-state index is 12.3. The van der Waals surface area contributed by atoms with Gasteiger partial charge in [-0.15, -0.1) is 0 Å². The van der Waals surface area contributed by atoms with Crippen LogP contribution in [0.25, 0.3) is 22.0 Å². The number of furan rings is 1. The Morgan fingerprint density at radius 3 is 2.88 bits per heavy atom. The number of para-hydroxylation sites is 3. The number of nitrogens with one attached hydrogen (secondary N) is 1. The lowest BCUT2D eigenvalue weighted by atomic mass is 10.2. The van der Waals surface area contributed by atoms with Crippen molar-refractivity contribution < 1.29 is 9.21 Å². The standard InChI is InChI=1S/C21H21N3O2/c1-14-13-15-7-5-9-17(21(15)26-14)23-20(25)12-6-11-19-22-16-8-3-4-10-18(16)24(19)2/h3-5,7-10,13H,6,11-12H2,1-2H3,(H,23,25). The first kappa shape index (κ1) is 16.4. The van der Waals surface area contributed by atoms with Crippen LogP contribution in [0.5, 0.6) is 0 Å². The predicted octanol–water partition coefficient (Wildman–Crippen LogP) is 4.59. The molecular weight excluding hydrogens is 326 g/mol. The number of aryl methyl sites for hydroxylation is 3. The topological polar surface area (TPSA) is 60.1 Å². The Balaban J connectivity index is 1.40. The summed E-state index contributed by atoms with van der Waals surface area (Å²) < 4.78 is 7.79. The molecule has 132 valence electrons. The van der Waals surface area contributed by atoms with Crippen LogP contribution < -0.4 is 5.32 Å². The zero-order valence-corrected chi connectivity index (χ0v) is 15.0. The Kier molecular flexibility index (Phi) is 4.21. The van der Waals surface area contributed by atoms with Crippen molar-refractivity contribution in [2.24, 2.45) is 7.05 Å². The third kappa shape index (κ3) is 3.08. The maximum Gasteiger partial charge on any atom is 0.224 e. The second-order valence-electron chi connectivity index (χ2n) is 6.56. The molecule has 5 nitrogen and oxygen atoms in total. The normalized spacial score (nSPS) is 11.3. The molecule has 0 saturated heterocycles. The van der Waals surface area contributed by atoms with Gasteiger partial charge in [-0.1, -0.05) is 24.3 Å². The molecule has 26 heavy (non-hydrogen) atoms. The molecule has 4 aromatic rings. The van der Waals surface area contributed by atoms with Crippen LogP contribution in [-0.4, -0.2) is 15.5 Å². The Morgan fingerprint density at radius 1 is 1.19 bits per heavy atom. The number of carbonyl (C=O) groups excluding carboxylic acids is 1. The van der Waals surface area contributed by atoms with Crippen molar-refractivity contribution in [1.82, 2.24) is 9.55 Å². The minimum Gasteiger partial charge on any atom is -0.459 e. The average molecular weight is 347 g/mol. The average Bonchev–Trinajstić information content (AvgIpc) is 3.16. The van der Waals surface area contributed by atoms with E-state index in [1.807, 2.05) is 56.4 Å². The number of benzene rings is 2. The smallest absolute Gasteiger partial charge is 0.224 e. The third-order valence-corrected chi connectivity index (χ3v) is 4.63. The molecule has 2 heterocycles. The van der Waals surface area contributed by atoms with Gasteiger partial charge in [0.2, 0.25) is 5.91 Å². The zero-order valence-electron chi connectivity index (χ0n) is 15.0. The Morgan fingerprint density at radius 2 is 2.04 bits per heavy atom. The van der Waals surface area contributed by atoms with Gasteiger partial charge in [-0.2, -0.15) is 0 Å². The van der Waals surface area contributed by atoms with E-state index < -0.39 is 0 Å². The Hall–Kier alpha value is -3.08. The fourth-order valence-corrected chi connectivity index (χ4v) is 3.33. The molecule has 0 atom stereocenters. The van der Waals surface area contributed by atoms with E-state index in [4.69, 9.17) is 4.42 Å². The number of hydrogen-bond acceptors (Lipinski definition) is 3. The molecule has 5 heteroatoms. The second-order valence-corrected chi connectivity index (χ2v) is 6.56. The van der Waals surface area contributed by atoms with Gasteiger partial charge in [0.05, 0.1) is 16.7 Å². The fourth-order valence-electron chi connectivity index (χ4n) is 3.33. The van der Waals surface area contributed by atoms with E-state index >= 15 is 0 Å². The summed E-state index contributed by atoms with van der Waals surface area (Å²) in [7, 11) is 2.02. The molecule has 0 aliphatic heterocycles. The lowest BCUT2D eigenvalue weighted by Gasteiger charge is -2.06. The van der Waals surface area contributed by atoms with Crippen LogP contribution in [0.15, 0.2) is 52.9 Å². The summed E-state index contributed by atoms with van der Waals surface area (Å²) in [4.78, 5) is 17.0. The van der Waals surface area contributed by atoms with Crippen molar-refractivity contribution in [3.63, 3.8) is 0 Å². The minimum absolute atomic E-state index is 0.00897. The SMILES string of the molecule is Cc1cc2cccc(NC(=O)CCCc3nc4ccccc4n3C)c2o1. The first-order chi connectivity index (χ1) is 12.6. The van der Waals surface area contributed by atoms with Crippen LogP contribution in [0.3, 0.4) is 0 Å². The summed E-state index contributed by atoms with van der Waals surface area (Å²) in [5.41, 5.74) is 3.57. The number of nitrogens with zero attached hydrogens (tertiary/aromatic N) is 2. The van der Waals surface area contributed by atoms with Gasteiger partial charge in [0.1, 0.15) is 11.6 Å². The van der Waals surface area contributed by atoms with Crippen LogP contribution in [-0.2, 0) is 18.3 Å². The maximum atomic E-state index is 12.3. The van der Waals surface area contributed by atoms with E-state index in [-0.39, 0.29) is 5.91 Å². The van der Waals surface area contributed by atoms with E-state index in [9.17, 15) is 4.79 Å². The Labute approximate surface area is 151 Å². The lowest BCUT2D eigenvalue weighted by molar-refractivity contribution is -0.116. The molecule has 2 aromatic carbocycles. The molecule has 1 amide bonds. The predicted molar refractivity (Wildman–Crippen MR) is 103 cm³/mol. The van der Waals surface area contributed by atoms with E-state index in [1.54, 1.807) is 0 Å². The molecular formula is C21H21N3O2. The number of fused-ring (bicyclic) bond motifs is 2. The number of imidazole rings is 1. The van der Waals surface area contributed by atoms with Gasteiger partial charge < -0.3 is 14.3 Å². The molecule has 0 saturated carbocycles. The number of hydrogen-bond donors (Lipinski definition) is 1. The molecule has 2 aromatic heterocycles. The third-order valence-electron chi connectivity index (χ3n) is 4.63. The van der Waals surface area contributed by atoms with Gasteiger partial charge in [0.25, 0.3) is 0 Å². The monoisotopic (exact) mass is 347 g/mol. The summed E-state index contributed by atoms with van der Waals surface area (Å²) in [5.74, 6) is 1.83. The minimum atomic E-state index is -0.00897. The number of anilines is 1. The van der Waals surface area contributed by atoms with Crippen molar-refractivity contribution in [3.8, 4) is 0 Å². The van der Waals surface area contributed by atoms with Gasteiger partial charge in [0, 0.05) is 25.3 Å². The molecule has 0 fully saturated rings. The van der Waals surface area contributed by atoms with E-state index in [0.717, 1.165) is 52.1 Å². The number of amides is 1. The Bertz CT molecular complexity index is 1090. The lowest BCUT2D eigenvalue weighted by Crippen LogP contribution is -2.12. The molecule has 0 spiro atoms. The van der Waals surface area contributed by atoms with Crippen molar-refractivity contribution in [3.05, 3.63) is 60.1 Å². The summed E-state index contributed by atoms with van der Waals surface area (Å²) in [5, 5.41) is 3.97. The number of carbonyl (C=O) groups is 1. The molecule has 0 bridgehead atoms. The van der Waals surface area contributed by atoms with Crippen LogP contribution in [0, 0.1) is 6.92 Å². The van der Waals surface area contributed by atoms with Crippen molar-refractivity contribution in [1.29, 1.82) is 0 Å².